The third-order valence-corrected chi connectivity index (χ3v) is 3.20. The van der Waals surface area contributed by atoms with Gasteiger partial charge in [-0.3, -0.25) is 9.78 Å². The standard InChI is InChI=1S/C15H10ClN3O/c16-9-4-5-12-10(7-9)11(15(17)20)8-14(19-12)13-3-1-2-6-18-13/h1-8H,(H2,17,20). The Hall–Kier alpha value is -2.46. The second-order valence-electron chi connectivity index (χ2n) is 4.30. The quantitative estimate of drug-likeness (QED) is 0.786. The summed E-state index contributed by atoms with van der Waals surface area (Å²) in [4.78, 5) is 20.4. The van der Waals surface area contributed by atoms with Crippen molar-refractivity contribution >= 4 is 28.4 Å². The number of aromatic nitrogens is 2. The molecule has 0 unspecified atom stereocenters. The van der Waals surface area contributed by atoms with E-state index in [0.29, 0.717) is 32.9 Å². The van der Waals surface area contributed by atoms with E-state index >= 15 is 0 Å². The molecule has 0 fully saturated rings. The van der Waals surface area contributed by atoms with Gasteiger partial charge in [0.15, 0.2) is 0 Å². The smallest absolute Gasteiger partial charge is 0.249 e. The van der Waals surface area contributed by atoms with Crippen molar-refractivity contribution in [1.82, 2.24) is 9.97 Å². The zero-order valence-corrected chi connectivity index (χ0v) is 11.1. The number of carbonyl (C=O) groups is 1. The van der Waals surface area contributed by atoms with Crippen molar-refractivity contribution < 1.29 is 4.79 Å². The minimum atomic E-state index is -0.517. The maximum Gasteiger partial charge on any atom is 0.249 e. The van der Waals surface area contributed by atoms with Crippen LogP contribution in [0.5, 0.6) is 0 Å². The van der Waals surface area contributed by atoms with Gasteiger partial charge in [-0.15, -0.1) is 0 Å². The highest BCUT2D eigenvalue weighted by Crippen LogP contribution is 2.25. The van der Waals surface area contributed by atoms with Gasteiger partial charge in [-0.25, -0.2) is 4.98 Å². The molecule has 0 aliphatic heterocycles. The van der Waals surface area contributed by atoms with E-state index in [1.54, 1.807) is 30.5 Å². The van der Waals surface area contributed by atoms with Crippen LogP contribution in [0, 0.1) is 0 Å². The molecule has 4 nitrogen and oxygen atoms in total. The molecule has 3 aromatic rings. The highest BCUT2D eigenvalue weighted by molar-refractivity contribution is 6.31. The van der Waals surface area contributed by atoms with E-state index in [1.165, 1.54) is 0 Å². The van der Waals surface area contributed by atoms with Crippen LogP contribution in [-0.4, -0.2) is 15.9 Å². The van der Waals surface area contributed by atoms with Gasteiger partial charge in [-0.2, -0.15) is 0 Å². The van der Waals surface area contributed by atoms with E-state index in [2.05, 4.69) is 9.97 Å². The zero-order valence-electron chi connectivity index (χ0n) is 10.4. The minimum absolute atomic E-state index is 0.387. The molecule has 0 atom stereocenters. The van der Waals surface area contributed by atoms with E-state index in [-0.39, 0.29) is 0 Å². The number of benzene rings is 1. The first-order valence-electron chi connectivity index (χ1n) is 5.96. The predicted molar refractivity (Wildman–Crippen MR) is 78.5 cm³/mol. The Labute approximate surface area is 120 Å². The molecule has 2 heterocycles. The summed E-state index contributed by atoms with van der Waals surface area (Å²) in [6.07, 6.45) is 1.67. The number of nitrogens with zero attached hydrogens (tertiary/aromatic N) is 2. The first-order valence-corrected chi connectivity index (χ1v) is 6.34. The van der Waals surface area contributed by atoms with Crippen LogP contribution >= 0.6 is 11.6 Å². The van der Waals surface area contributed by atoms with Crippen molar-refractivity contribution in [2.24, 2.45) is 5.73 Å². The summed E-state index contributed by atoms with van der Waals surface area (Å²) in [5, 5.41) is 1.18. The van der Waals surface area contributed by atoms with Crippen molar-refractivity contribution in [3.8, 4) is 11.4 Å². The molecule has 98 valence electrons. The maximum atomic E-state index is 11.6. The molecule has 1 amide bonds. The average molecular weight is 284 g/mol. The lowest BCUT2D eigenvalue weighted by Gasteiger charge is -2.07. The number of pyridine rings is 2. The Kier molecular flexibility index (Phi) is 3.08. The number of hydrogen-bond acceptors (Lipinski definition) is 3. The van der Waals surface area contributed by atoms with Crippen LogP contribution in [0.4, 0.5) is 0 Å². The Morgan fingerprint density at radius 1 is 1.10 bits per heavy atom. The second kappa shape index (κ2) is 4.90. The fraction of sp³-hybridized carbons (Fsp3) is 0. The number of nitrogens with two attached hydrogens (primary N) is 1. The molecule has 0 aliphatic carbocycles. The topological polar surface area (TPSA) is 68.9 Å². The highest BCUT2D eigenvalue weighted by atomic mass is 35.5. The van der Waals surface area contributed by atoms with Crippen LogP contribution in [-0.2, 0) is 0 Å². The minimum Gasteiger partial charge on any atom is -0.366 e. The molecule has 0 bridgehead atoms. The lowest BCUT2D eigenvalue weighted by molar-refractivity contribution is 0.100. The fourth-order valence-corrected chi connectivity index (χ4v) is 2.22. The third kappa shape index (κ3) is 2.21. The van der Waals surface area contributed by atoms with Gasteiger partial charge >= 0.3 is 0 Å². The normalized spacial score (nSPS) is 10.7. The third-order valence-electron chi connectivity index (χ3n) is 2.96. The maximum absolute atomic E-state index is 11.6. The van der Waals surface area contributed by atoms with E-state index in [1.807, 2.05) is 18.2 Å². The van der Waals surface area contributed by atoms with Gasteiger partial charge in [0, 0.05) is 16.6 Å². The number of hydrogen-bond donors (Lipinski definition) is 1. The van der Waals surface area contributed by atoms with Gasteiger partial charge in [0.1, 0.15) is 0 Å². The van der Waals surface area contributed by atoms with Crippen LogP contribution in [0.25, 0.3) is 22.3 Å². The Bertz CT molecular complexity index is 803. The van der Waals surface area contributed by atoms with E-state index < -0.39 is 5.91 Å². The van der Waals surface area contributed by atoms with Crippen molar-refractivity contribution in [1.29, 1.82) is 0 Å². The molecule has 20 heavy (non-hydrogen) atoms. The van der Waals surface area contributed by atoms with Crippen LogP contribution in [0.2, 0.25) is 5.02 Å². The van der Waals surface area contributed by atoms with Crippen molar-refractivity contribution in [2.75, 3.05) is 0 Å². The largest absolute Gasteiger partial charge is 0.366 e. The summed E-state index contributed by atoms with van der Waals surface area (Å²) < 4.78 is 0. The van der Waals surface area contributed by atoms with Gasteiger partial charge in [0.05, 0.1) is 22.5 Å². The molecule has 2 N–H and O–H groups in total. The first kappa shape index (κ1) is 12.6. The Morgan fingerprint density at radius 3 is 2.65 bits per heavy atom. The van der Waals surface area contributed by atoms with Gasteiger partial charge in [0.2, 0.25) is 5.91 Å². The first-order chi connectivity index (χ1) is 9.65. The van der Waals surface area contributed by atoms with E-state index in [4.69, 9.17) is 17.3 Å². The van der Waals surface area contributed by atoms with E-state index in [0.717, 1.165) is 0 Å². The fourth-order valence-electron chi connectivity index (χ4n) is 2.05. The highest BCUT2D eigenvalue weighted by Gasteiger charge is 2.12. The van der Waals surface area contributed by atoms with Crippen molar-refractivity contribution in [3.63, 3.8) is 0 Å². The Morgan fingerprint density at radius 2 is 1.95 bits per heavy atom. The van der Waals surface area contributed by atoms with Gasteiger partial charge < -0.3 is 5.73 Å². The summed E-state index contributed by atoms with van der Waals surface area (Å²) in [6, 6.07) is 12.3. The molecular formula is C15H10ClN3O. The molecule has 0 radical (unpaired) electrons. The number of halogens is 1. The molecule has 5 heteroatoms. The molecule has 0 saturated heterocycles. The van der Waals surface area contributed by atoms with Gasteiger partial charge in [-0.1, -0.05) is 17.7 Å². The Balaban J connectivity index is 2.32. The van der Waals surface area contributed by atoms with Gasteiger partial charge in [0.25, 0.3) is 0 Å². The number of amides is 1. The molecule has 2 aromatic heterocycles. The SMILES string of the molecule is NC(=O)c1cc(-c2ccccn2)nc2ccc(Cl)cc12. The van der Waals surface area contributed by atoms with Crippen LogP contribution in [0.3, 0.4) is 0 Å². The second-order valence-corrected chi connectivity index (χ2v) is 4.73. The molecule has 1 aromatic carbocycles. The molecule has 3 rings (SSSR count). The lowest BCUT2D eigenvalue weighted by atomic mass is 10.1. The van der Waals surface area contributed by atoms with Crippen LogP contribution in [0.15, 0.2) is 48.7 Å². The number of fused-ring (bicyclic) bond motifs is 1. The predicted octanol–water partition coefficient (Wildman–Crippen LogP) is 3.05. The lowest BCUT2D eigenvalue weighted by Crippen LogP contribution is -2.12. The zero-order chi connectivity index (χ0) is 14.1. The van der Waals surface area contributed by atoms with E-state index in [9.17, 15) is 4.79 Å². The summed E-state index contributed by atoms with van der Waals surface area (Å²) in [7, 11) is 0. The number of carbonyl (C=O) groups excluding carboxylic acids is 1. The summed E-state index contributed by atoms with van der Waals surface area (Å²) >= 11 is 5.96. The molecular weight excluding hydrogens is 274 g/mol. The van der Waals surface area contributed by atoms with Crippen molar-refractivity contribution in [2.45, 2.75) is 0 Å². The number of rotatable bonds is 2. The number of primary amides is 1. The molecule has 0 spiro atoms. The summed E-state index contributed by atoms with van der Waals surface area (Å²) in [5.41, 5.74) is 7.79. The monoisotopic (exact) mass is 283 g/mol. The summed E-state index contributed by atoms with van der Waals surface area (Å²) in [6.45, 7) is 0. The van der Waals surface area contributed by atoms with Crippen LogP contribution < -0.4 is 5.73 Å². The average Bonchev–Trinajstić information content (AvgIpc) is 2.47. The van der Waals surface area contributed by atoms with Crippen LogP contribution in [0.1, 0.15) is 10.4 Å². The summed E-state index contributed by atoms with van der Waals surface area (Å²) in [5.74, 6) is -0.517. The molecule has 0 aliphatic rings. The molecule has 0 saturated carbocycles. The van der Waals surface area contributed by atoms with Crippen molar-refractivity contribution in [3.05, 3.63) is 59.2 Å². The van der Waals surface area contributed by atoms with Gasteiger partial charge in [-0.05, 0) is 36.4 Å².